The largest absolute Gasteiger partial charge is 0.394 e. The molecule has 4 nitrogen and oxygen atoms in total. The lowest BCUT2D eigenvalue weighted by Crippen LogP contribution is -2.14. The Morgan fingerprint density at radius 3 is 1.90 bits per heavy atom. The number of sulfone groups is 1. The zero-order valence-electron chi connectivity index (χ0n) is 10.5. The topological polar surface area (TPSA) is 80.4 Å². The summed E-state index contributed by atoms with van der Waals surface area (Å²) in [5.41, 5.74) is 6.35. The third-order valence-electron chi connectivity index (χ3n) is 2.94. The molecular weight excluding hydrogens is 298 g/mol. The van der Waals surface area contributed by atoms with Crippen LogP contribution >= 0.6 is 11.6 Å². The number of aliphatic hydroxyl groups is 1. The van der Waals surface area contributed by atoms with E-state index in [2.05, 4.69) is 0 Å². The smallest absolute Gasteiger partial charge is 0.206 e. The Labute approximate surface area is 122 Å². The molecule has 0 aliphatic carbocycles. The van der Waals surface area contributed by atoms with E-state index in [9.17, 15) is 8.42 Å². The van der Waals surface area contributed by atoms with Crippen LogP contribution in [0, 0.1) is 0 Å². The van der Waals surface area contributed by atoms with Crippen molar-refractivity contribution in [3.8, 4) is 0 Å². The van der Waals surface area contributed by atoms with E-state index < -0.39 is 15.9 Å². The summed E-state index contributed by atoms with van der Waals surface area (Å²) in [6.45, 7) is -0.191. The standard InChI is InChI=1S/C14H14ClNO3S/c15-11-3-7-13(8-4-11)20(18,19)12-5-1-10(2-6-12)14(16)9-17/h1-8,14,17H,9,16H2/t14-/m0/s1. The molecule has 2 aromatic rings. The molecule has 0 unspecified atom stereocenters. The van der Waals surface area contributed by atoms with Crippen molar-refractivity contribution < 1.29 is 13.5 Å². The van der Waals surface area contributed by atoms with E-state index in [1.165, 1.54) is 36.4 Å². The Morgan fingerprint density at radius 1 is 1.00 bits per heavy atom. The number of rotatable bonds is 4. The van der Waals surface area contributed by atoms with Gasteiger partial charge in [0.1, 0.15) is 0 Å². The van der Waals surface area contributed by atoms with E-state index in [-0.39, 0.29) is 16.4 Å². The zero-order chi connectivity index (χ0) is 14.8. The van der Waals surface area contributed by atoms with Crippen LogP contribution < -0.4 is 5.73 Å². The highest BCUT2D eigenvalue weighted by molar-refractivity contribution is 7.91. The number of hydrogen-bond acceptors (Lipinski definition) is 4. The van der Waals surface area contributed by atoms with Crippen LogP contribution in [-0.4, -0.2) is 20.1 Å². The summed E-state index contributed by atoms with van der Waals surface area (Å²) >= 11 is 5.75. The SMILES string of the molecule is N[C@@H](CO)c1ccc(S(=O)(=O)c2ccc(Cl)cc2)cc1. The van der Waals surface area contributed by atoms with E-state index in [1.807, 2.05) is 0 Å². The van der Waals surface area contributed by atoms with Gasteiger partial charge >= 0.3 is 0 Å². The summed E-state index contributed by atoms with van der Waals surface area (Å²) in [5, 5.41) is 9.45. The van der Waals surface area contributed by atoms with E-state index in [4.69, 9.17) is 22.4 Å². The van der Waals surface area contributed by atoms with Gasteiger partial charge < -0.3 is 10.8 Å². The van der Waals surface area contributed by atoms with Crippen LogP contribution in [0.5, 0.6) is 0 Å². The van der Waals surface area contributed by atoms with Crippen LogP contribution in [0.3, 0.4) is 0 Å². The maximum absolute atomic E-state index is 12.4. The molecule has 1 atom stereocenters. The van der Waals surface area contributed by atoms with Crippen molar-refractivity contribution in [2.75, 3.05) is 6.61 Å². The van der Waals surface area contributed by atoms with Crippen LogP contribution in [-0.2, 0) is 9.84 Å². The molecule has 0 saturated heterocycles. The molecule has 20 heavy (non-hydrogen) atoms. The molecule has 6 heteroatoms. The predicted molar refractivity (Wildman–Crippen MR) is 77.4 cm³/mol. The van der Waals surface area contributed by atoms with E-state index in [0.29, 0.717) is 10.6 Å². The summed E-state index contributed by atoms with van der Waals surface area (Å²) in [7, 11) is -3.57. The van der Waals surface area contributed by atoms with Crippen molar-refractivity contribution >= 4 is 21.4 Å². The summed E-state index contributed by atoms with van der Waals surface area (Å²) in [6.07, 6.45) is 0. The Bertz CT molecular complexity index is 681. The molecule has 0 radical (unpaired) electrons. The first-order valence-electron chi connectivity index (χ1n) is 5.92. The molecule has 0 aromatic heterocycles. The number of nitrogens with two attached hydrogens (primary N) is 1. The summed E-state index contributed by atoms with van der Waals surface area (Å²) < 4.78 is 24.7. The van der Waals surface area contributed by atoms with Gasteiger partial charge in [0.05, 0.1) is 22.4 Å². The molecule has 0 saturated carbocycles. The van der Waals surface area contributed by atoms with Crippen molar-refractivity contribution in [2.45, 2.75) is 15.8 Å². The van der Waals surface area contributed by atoms with Crippen LogP contribution in [0.15, 0.2) is 58.3 Å². The van der Waals surface area contributed by atoms with Gasteiger partial charge in [-0.2, -0.15) is 0 Å². The van der Waals surface area contributed by atoms with E-state index in [0.717, 1.165) is 0 Å². The maximum Gasteiger partial charge on any atom is 0.206 e. The fourth-order valence-corrected chi connectivity index (χ4v) is 3.14. The Balaban J connectivity index is 2.37. The maximum atomic E-state index is 12.4. The quantitative estimate of drug-likeness (QED) is 0.906. The molecule has 3 N–H and O–H groups in total. The Morgan fingerprint density at radius 2 is 1.45 bits per heavy atom. The van der Waals surface area contributed by atoms with Crippen molar-refractivity contribution in [3.63, 3.8) is 0 Å². The fraction of sp³-hybridized carbons (Fsp3) is 0.143. The van der Waals surface area contributed by atoms with Crippen molar-refractivity contribution in [2.24, 2.45) is 5.73 Å². The Kier molecular flexibility index (Phi) is 4.45. The number of aliphatic hydroxyl groups excluding tert-OH is 1. The van der Waals surface area contributed by atoms with Gasteiger partial charge in [0.15, 0.2) is 0 Å². The van der Waals surface area contributed by atoms with Crippen molar-refractivity contribution in [1.29, 1.82) is 0 Å². The number of benzene rings is 2. The minimum Gasteiger partial charge on any atom is -0.394 e. The molecule has 0 amide bonds. The molecule has 0 heterocycles. The van der Waals surface area contributed by atoms with Gasteiger partial charge in [-0.15, -0.1) is 0 Å². The van der Waals surface area contributed by atoms with E-state index >= 15 is 0 Å². The number of hydrogen-bond donors (Lipinski definition) is 2. The van der Waals surface area contributed by atoms with Crippen molar-refractivity contribution in [1.82, 2.24) is 0 Å². The minimum absolute atomic E-state index is 0.175. The Hall–Kier alpha value is -1.40. The first-order valence-corrected chi connectivity index (χ1v) is 7.78. The van der Waals surface area contributed by atoms with Gasteiger partial charge in [-0.3, -0.25) is 0 Å². The molecule has 0 spiro atoms. The van der Waals surface area contributed by atoms with Crippen LogP contribution in [0.4, 0.5) is 0 Å². The highest BCUT2D eigenvalue weighted by Gasteiger charge is 2.17. The van der Waals surface area contributed by atoms with Crippen LogP contribution in [0.1, 0.15) is 11.6 Å². The van der Waals surface area contributed by atoms with Crippen LogP contribution in [0.2, 0.25) is 5.02 Å². The van der Waals surface area contributed by atoms with Gasteiger partial charge in [0, 0.05) is 5.02 Å². The second-order valence-electron chi connectivity index (χ2n) is 4.32. The summed E-state index contributed by atoms with van der Waals surface area (Å²) in [5.74, 6) is 0. The lowest BCUT2D eigenvalue weighted by Gasteiger charge is -2.10. The van der Waals surface area contributed by atoms with Gasteiger partial charge in [0.25, 0.3) is 0 Å². The minimum atomic E-state index is -3.57. The van der Waals surface area contributed by atoms with Gasteiger partial charge in [0.2, 0.25) is 9.84 Å². The molecular formula is C14H14ClNO3S. The lowest BCUT2D eigenvalue weighted by molar-refractivity contribution is 0.268. The fourth-order valence-electron chi connectivity index (χ4n) is 1.75. The first kappa shape index (κ1) is 15.0. The van der Waals surface area contributed by atoms with Crippen molar-refractivity contribution in [3.05, 3.63) is 59.1 Å². The average molecular weight is 312 g/mol. The highest BCUT2D eigenvalue weighted by atomic mass is 35.5. The van der Waals surface area contributed by atoms with E-state index in [1.54, 1.807) is 12.1 Å². The zero-order valence-corrected chi connectivity index (χ0v) is 12.1. The number of halogens is 1. The van der Waals surface area contributed by atoms with Gasteiger partial charge in [-0.25, -0.2) is 8.42 Å². The second-order valence-corrected chi connectivity index (χ2v) is 6.70. The molecule has 2 aromatic carbocycles. The van der Waals surface area contributed by atoms with Crippen LogP contribution in [0.25, 0.3) is 0 Å². The third kappa shape index (κ3) is 3.02. The first-order chi connectivity index (χ1) is 9.45. The second kappa shape index (κ2) is 5.93. The lowest BCUT2D eigenvalue weighted by atomic mass is 10.1. The molecule has 106 valence electrons. The summed E-state index contributed by atoms with van der Waals surface area (Å²) in [6, 6.07) is 11.6. The van der Waals surface area contributed by atoms with Gasteiger partial charge in [-0.1, -0.05) is 23.7 Å². The van der Waals surface area contributed by atoms with Gasteiger partial charge in [-0.05, 0) is 42.0 Å². The molecule has 0 bridgehead atoms. The molecule has 0 fully saturated rings. The molecule has 2 rings (SSSR count). The molecule has 0 aliphatic heterocycles. The monoisotopic (exact) mass is 311 g/mol. The third-order valence-corrected chi connectivity index (χ3v) is 4.98. The highest BCUT2D eigenvalue weighted by Crippen LogP contribution is 2.23. The molecule has 0 aliphatic rings. The summed E-state index contributed by atoms with van der Waals surface area (Å²) in [4.78, 5) is 0.356. The normalized spacial score (nSPS) is 13.2. The predicted octanol–water partition coefficient (Wildman–Crippen LogP) is 2.16. The average Bonchev–Trinajstić information content (AvgIpc) is 2.47.